The maximum atomic E-state index is 11.9. The number of amides is 2. The molecule has 0 saturated heterocycles. The fraction of sp³-hybridized carbons (Fsp3) is 0.458. The minimum absolute atomic E-state index is 0.144. The third kappa shape index (κ3) is 9.68. The first-order chi connectivity index (χ1) is 15.6. The summed E-state index contributed by atoms with van der Waals surface area (Å²) in [6, 6.07) is 10.8. The molecular formula is C24H33N3O5. The van der Waals surface area contributed by atoms with E-state index in [1.807, 2.05) is 37.3 Å². The van der Waals surface area contributed by atoms with Crippen LogP contribution in [0.15, 0.2) is 42.6 Å². The highest BCUT2D eigenvalue weighted by Gasteiger charge is 2.07. The van der Waals surface area contributed by atoms with Gasteiger partial charge in [-0.1, -0.05) is 31.0 Å². The fourth-order valence-corrected chi connectivity index (χ4v) is 2.93. The number of carbonyl (C=O) groups excluding carboxylic acids is 2. The number of aromatic nitrogens is 1. The molecule has 0 bridgehead atoms. The van der Waals surface area contributed by atoms with Gasteiger partial charge >= 0.3 is 12.0 Å². The van der Waals surface area contributed by atoms with Crippen LogP contribution in [0.3, 0.4) is 0 Å². The molecule has 0 spiro atoms. The standard InChI is InChI=1S/C24H33N3O5/c1-3-30-20-11-8-9-12-21(20)32-22-15-14-19(17-26-22)18-27-24(29)25-16-10-6-5-7-13-23(28)31-4-2/h8-9,11-12,14-15,17H,3-7,10,13,16,18H2,1-2H3,(H2,25,27,29). The zero-order valence-corrected chi connectivity index (χ0v) is 18.9. The number of urea groups is 1. The number of para-hydroxylation sites is 2. The highest BCUT2D eigenvalue weighted by molar-refractivity contribution is 5.73. The monoisotopic (exact) mass is 443 g/mol. The maximum absolute atomic E-state index is 11.9. The van der Waals surface area contributed by atoms with Crippen molar-refractivity contribution in [2.45, 2.75) is 52.5 Å². The Bertz CT molecular complexity index is 827. The first kappa shape index (κ1) is 25.0. The topological polar surface area (TPSA) is 98.8 Å². The number of pyridine rings is 1. The van der Waals surface area contributed by atoms with Crippen LogP contribution in [0.25, 0.3) is 0 Å². The van der Waals surface area contributed by atoms with Crippen LogP contribution in [0.4, 0.5) is 4.79 Å². The highest BCUT2D eigenvalue weighted by Crippen LogP contribution is 2.30. The summed E-state index contributed by atoms with van der Waals surface area (Å²) in [6.45, 7) is 5.66. The molecule has 2 N–H and O–H groups in total. The summed E-state index contributed by atoms with van der Waals surface area (Å²) in [4.78, 5) is 27.5. The molecule has 1 aromatic heterocycles. The quantitative estimate of drug-likeness (QED) is 0.327. The smallest absolute Gasteiger partial charge is 0.315 e. The van der Waals surface area contributed by atoms with Gasteiger partial charge < -0.3 is 24.8 Å². The Balaban J connectivity index is 1.62. The Hall–Kier alpha value is -3.29. The zero-order chi connectivity index (χ0) is 23.0. The molecule has 2 aromatic rings. The number of rotatable bonds is 14. The van der Waals surface area contributed by atoms with Crippen molar-refractivity contribution in [1.82, 2.24) is 15.6 Å². The SMILES string of the molecule is CCOC(=O)CCCCCCNC(=O)NCc1ccc(Oc2ccccc2OCC)nc1. The lowest BCUT2D eigenvalue weighted by Crippen LogP contribution is -2.35. The summed E-state index contributed by atoms with van der Waals surface area (Å²) in [5.74, 6) is 1.58. The van der Waals surface area contributed by atoms with Gasteiger partial charge in [-0.2, -0.15) is 0 Å². The van der Waals surface area contributed by atoms with Gasteiger partial charge in [0.1, 0.15) is 0 Å². The van der Waals surface area contributed by atoms with Gasteiger partial charge in [-0.25, -0.2) is 9.78 Å². The van der Waals surface area contributed by atoms with Crippen LogP contribution in [0.5, 0.6) is 17.4 Å². The van der Waals surface area contributed by atoms with Crippen molar-refractivity contribution >= 4 is 12.0 Å². The number of carbonyl (C=O) groups is 2. The molecule has 174 valence electrons. The van der Waals surface area contributed by atoms with Crippen LogP contribution < -0.4 is 20.1 Å². The van der Waals surface area contributed by atoms with E-state index in [9.17, 15) is 9.59 Å². The minimum Gasteiger partial charge on any atom is -0.490 e. The summed E-state index contributed by atoms with van der Waals surface area (Å²) >= 11 is 0. The van der Waals surface area contributed by atoms with Gasteiger partial charge in [0.2, 0.25) is 5.88 Å². The van der Waals surface area contributed by atoms with Crippen molar-refractivity contribution < 1.29 is 23.8 Å². The Kier molecular flexibility index (Phi) is 11.4. The van der Waals surface area contributed by atoms with E-state index in [4.69, 9.17) is 14.2 Å². The van der Waals surface area contributed by atoms with Crippen LogP contribution in [0.1, 0.15) is 51.5 Å². The zero-order valence-electron chi connectivity index (χ0n) is 18.9. The summed E-state index contributed by atoms with van der Waals surface area (Å²) in [7, 11) is 0. The highest BCUT2D eigenvalue weighted by atomic mass is 16.5. The van der Waals surface area contributed by atoms with Crippen LogP contribution >= 0.6 is 0 Å². The number of nitrogens with one attached hydrogen (secondary N) is 2. The molecule has 0 saturated carbocycles. The number of ether oxygens (including phenoxy) is 3. The lowest BCUT2D eigenvalue weighted by molar-refractivity contribution is -0.143. The van der Waals surface area contributed by atoms with E-state index in [-0.39, 0.29) is 12.0 Å². The molecule has 0 aliphatic rings. The molecular weight excluding hydrogens is 410 g/mol. The average Bonchev–Trinajstić information content (AvgIpc) is 2.79. The van der Waals surface area contributed by atoms with Gasteiger partial charge in [-0.3, -0.25) is 4.79 Å². The molecule has 32 heavy (non-hydrogen) atoms. The molecule has 0 unspecified atom stereocenters. The molecule has 8 heteroatoms. The molecule has 2 rings (SSSR count). The molecule has 0 aliphatic heterocycles. The van der Waals surface area contributed by atoms with Crippen LogP contribution in [0.2, 0.25) is 0 Å². The number of unbranched alkanes of at least 4 members (excludes halogenated alkanes) is 3. The molecule has 0 radical (unpaired) electrons. The second kappa shape index (κ2) is 14.7. The summed E-state index contributed by atoms with van der Waals surface area (Å²) < 4.78 is 16.2. The average molecular weight is 444 g/mol. The molecule has 0 atom stereocenters. The number of hydrogen-bond acceptors (Lipinski definition) is 6. The molecule has 0 aliphatic carbocycles. The van der Waals surface area contributed by atoms with Gasteiger partial charge in [0.05, 0.1) is 13.2 Å². The Morgan fingerprint density at radius 2 is 1.69 bits per heavy atom. The van der Waals surface area contributed by atoms with E-state index in [0.29, 0.717) is 50.1 Å². The fourth-order valence-electron chi connectivity index (χ4n) is 2.93. The predicted octanol–water partition coefficient (Wildman–Crippen LogP) is 4.59. The van der Waals surface area contributed by atoms with Crippen molar-refractivity contribution in [3.8, 4) is 17.4 Å². The lowest BCUT2D eigenvalue weighted by Gasteiger charge is -2.11. The van der Waals surface area contributed by atoms with Crippen LogP contribution in [-0.4, -0.2) is 36.7 Å². The van der Waals surface area contributed by atoms with Gasteiger partial charge in [0, 0.05) is 31.8 Å². The van der Waals surface area contributed by atoms with E-state index in [1.54, 1.807) is 19.2 Å². The second-order valence-electron chi connectivity index (χ2n) is 7.07. The first-order valence-electron chi connectivity index (χ1n) is 11.1. The van der Waals surface area contributed by atoms with Crippen molar-refractivity contribution in [2.75, 3.05) is 19.8 Å². The molecule has 8 nitrogen and oxygen atoms in total. The number of nitrogens with zero attached hydrogens (tertiary/aromatic N) is 1. The Labute approximate surface area is 189 Å². The van der Waals surface area contributed by atoms with E-state index in [0.717, 1.165) is 31.2 Å². The number of hydrogen-bond donors (Lipinski definition) is 2. The third-order valence-corrected chi connectivity index (χ3v) is 4.51. The third-order valence-electron chi connectivity index (χ3n) is 4.51. The van der Waals surface area contributed by atoms with Gasteiger partial charge in [-0.05, 0) is 44.4 Å². The van der Waals surface area contributed by atoms with Crippen molar-refractivity contribution in [2.24, 2.45) is 0 Å². The predicted molar refractivity (Wildman–Crippen MR) is 122 cm³/mol. The summed E-state index contributed by atoms with van der Waals surface area (Å²) in [6.07, 6.45) is 5.71. The van der Waals surface area contributed by atoms with Crippen LogP contribution in [-0.2, 0) is 16.1 Å². The molecule has 1 aromatic carbocycles. The molecule has 2 amide bonds. The second-order valence-corrected chi connectivity index (χ2v) is 7.07. The van der Waals surface area contributed by atoms with Gasteiger partial charge in [0.25, 0.3) is 0 Å². The lowest BCUT2D eigenvalue weighted by atomic mass is 10.1. The Morgan fingerprint density at radius 1 is 0.906 bits per heavy atom. The normalized spacial score (nSPS) is 10.3. The van der Waals surface area contributed by atoms with Gasteiger partial charge in [0.15, 0.2) is 11.5 Å². The maximum Gasteiger partial charge on any atom is 0.315 e. The summed E-state index contributed by atoms with van der Waals surface area (Å²) in [5, 5.41) is 5.65. The largest absolute Gasteiger partial charge is 0.490 e. The molecule has 1 heterocycles. The summed E-state index contributed by atoms with van der Waals surface area (Å²) in [5.41, 5.74) is 0.865. The number of esters is 1. The van der Waals surface area contributed by atoms with Crippen molar-refractivity contribution in [1.29, 1.82) is 0 Å². The Morgan fingerprint density at radius 3 is 2.41 bits per heavy atom. The van der Waals surface area contributed by atoms with E-state index in [1.165, 1.54) is 0 Å². The first-order valence-corrected chi connectivity index (χ1v) is 11.1. The minimum atomic E-state index is -0.220. The van der Waals surface area contributed by atoms with Crippen molar-refractivity contribution in [3.05, 3.63) is 48.2 Å². The van der Waals surface area contributed by atoms with E-state index < -0.39 is 0 Å². The molecule has 0 fully saturated rings. The van der Waals surface area contributed by atoms with Gasteiger partial charge in [-0.15, -0.1) is 0 Å². The van der Waals surface area contributed by atoms with E-state index in [2.05, 4.69) is 15.6 Å². The van der Waals surface area contributed by atoms with Crippen LogP contribution in [0, 0.1) is 0 Å². The van der Waals surface area contributed by atoms with Crippen molar-refractivity contribution in [3.63, 3.8) is 0 Å². The number of benzene rings is 1. The van der Waals surface area contributed by atoms with E-state index >= 15 is 0 Å².